The summed E-state index contributed by atoms with van der Waals surface area (Å²) in [6.45, 7) is 1.63. The number of anilines is 1. The Labute approximate surface area is 217 Å². The molecule has 0 aliphatic rings. The van der Waals surface area contributed by atoms with Crippen LogP contribution in [0.1, 0.15) is 16.8 Å². The third kappa shape index (κ3) is 5.05. The van der Waals surface area contributed by atoms with Crippen molar-refractivity contribution in [3.63, 3.8) is 0 Å². The van der Waals surface area contributed by atoms with Gasteiger partial charge in [-0.1, -0.05) is 54.1 Å². The highest BCUT2D eigenvalue weighted by Gasteiger charge is 2.10. The minimum Gasteiger partial charge on any atom is -0.364 e. The molecule has 1 N–H and O–H groups in total. The van der Waals surface area contributed by atoms with E-state index in [1.54, 1.807) is 22.9 Å². The summed E-state index contributed by atoms with van der Waals surface area (Å²) in [4.78, 5) is 25.4. The summed E-state index contributed by atoms with van der Waals surface area (Å²) in [6, 6.07) is 23.1. The summed E-state index contributed by atoms with van der Waals surface area (Å²) in [6.07, 6.45) is 5.25. The molecule has 0 amide bonds. The summed E-state index contributed by atoms with van der Waals surface area (Å²) in [5.74, 6) is 0.702. The Hall–Kier alpha value is -4.56. The predicted octanol–water partition coefficient (Wildman–Crippen LogP) is 4.90. The van der Waals surface area contributed by atoms with Gasteiger partial charge < -0.3 is 9.88 Å². The zero-order chi connectivity index (χ0) is 25.2. The van der Waals surface area contributed by atoms with E-state index in [2.05, 4.69) is 32.5 Å². The first kappa shape index (κ1) is 22.9. The van der Waals surface area contributed by atoms with Crippen molar-refractivity contribution in [2.24, 2.45) is 0 Å². The van der Waals surface area contributed by atoms with Gasteiger partial charge in [0.05, 0.1) is 36.2 Å². The number of fused-ring (bicyclic) bond motifs is 2. The zero-order valence-electron chi connectivity index (χ0n) is 19.8. The van der Waals surface area contributed by atoms with Crippen molar-refractivity contribution in [3.05, 3.63) is 124 Å². The van der Waals surface area contributed by atoms with Gasteiger partial charge in [-0.25, -0.2) is 9.97 Å². The first-order valence-corrected chi connectivity index (χ1v) is 12.2. The monoisotopic (exact) mass is 507 g/mol. The van der Waals surface area contributed by atoms with Gasteiger partial charge in [-0.3, -0.25) is 14.5 Å². The van der Waals surface area contributed by atoms with Crippen LogP contribution < -0.4 is 10.9 Å². The average molecular weight is 508 g/mol. The van der Waals surface area contributed by atoms with Gasteiger partial charge in [-0.05, 0) is 35.4 Å². The van der Waals surface area contributed by atoms with E-state index in [0.717, 1.165) is 33.1 Å². The van der Waals surface area contributed by atoms with Gasteiger partial charge >= 0.3 is 0 Å². The van der Waals surface area contributed by atoms with Crippen LogP contribution in [-0.2, 0) is 19.6 Å². The molecule has 9 heteroatoms. The molecule has 0 aliphatic heterocycles. The second kappa shape index (κ2) is 9.83. The molecule has 0 fully saturated rings. The highest BCUT2D eigenvalue weighted by molar-refractivity contribution is 6.31. The van der Waals surface area contributed by atoms with Crippen LogP contribution >= 0.6 is 11.6 Å². The number of benzene rings is 2. The van der Waals surface area contributed by atoms with Crippen molar-refractivity contribution in [2.45, 2.75) is 19.6 Å². The smallest absolute Gasteiger partial charge is 0.250 e. The van der Waals surface area contributed by atoms with Crippen molar-refractivity contribution in [2.75, 3.05) is 5.32 Å². The maximum atomic E-state index is 12.0. The van der Waals surface area contributed by atoms with Crippen LogP contribution in [0.4, 0.5) is 5.82 Å². The molecular weight excluding hydrogens is 486 g/mol. The molecule has 0 radical (unpaired) electrons. The van der Waals surface area contributed by atoms with Gasteiger partial charge in [-0.2, -0.15) is 5.10 Å². The number of nitrogens with zero attached hydrogens (tertiary/aromatic N) is 6. The minimum atomic E-state index is -0.0128. The van der Waals surface area contributed by atoms with Crippen LogP contribution in [0.15, 0.2) is 96.3 Å². The molecular formula is C28H22ClN7O. The molecule has 6 aromatic rings. The van der Waals surface area contributed by atoms with Gasteiger partial charge in [0, 0.05) is 28.9 Å². The third-order valence-electron chi connectivity index (χ3n) is 6.13. The fraction of sp³-hybridized carbons (Fsp3) is 0.107. The second-order valence-electron chi connectivity index (χ2n) is 8.76. The molecule has 6 rings (SSSR count). The summed E-state index contributed by atoms with van der Waals surface area (Å²) in [5.41, 5.74) is 4.50. The van der Waals surface area contributed by atoms with Crippen LogP contribution in [0.3, 0.4) is 0 Å². The number of hydrogen-bond acceptors (Lipinski definition) is 6. The Bertz CT molecular complexity index is 1780. The first-order valence-electron chi connectivity index (χ1n) is 11.8. The SMILES string of the molecule is O=c1ccccn1Cc1ccc(Cn2cc3c(NCc4ccc5ccc(Cl)cc5n4)ncnc3n2)cc1. The van der Waals surface area contributed by atoms with Crippen molar-refractivity contribution < 1.29 is 0 Å². The molecule has 4 heterocycles. The van der Waals surface area contributed by atoms with Crippen LogP contribution in [0.5, 0.6) is 0 Å². The van der Waals surface area contributed by atoms with Gasteiger partial charge in [-0.15, -0.1) is 0 Å². The van der Waals surface area contributed by atoms with Crippen molar-refractivity contribution >= 4 is 39.4 Å². The van der Waals surface area contributed by atoms with E-state index in [9.17, 15) is 4.79 Å². The molecule has 8 nitrogen and oxygen atoms in total. The lowest BCUT2D eigenvalue weighted by molar-refractivity contribution is 0.692. The maximum absolute atomic E-state index is 12.0. The Morgan fingerprint density at radius 2 is 1.70 bits per heavy atom. The van der Waals surface area contributed by atoms with Crippen molar-refractivity contribution in [1.82, 2.24) is 29.3 Å². The zero-order valence-corrected chi connectivity index (χ0v) is 20.5. The minimum absolute atomic E-state index is 0.0128. The molecule has 0 atom stereocenters. The summed E-state index contributed by atoms with van der Waals surface area (Å²) >= 11 is 6.12. The van der Waals surface area contributed by atoms with Crippen molar-refractivity contribution in [1.29, 1.82) is 0 Å². The lowest BCUT2D eigenvalue weighted by atomic mass is 10.1. The fourth-order valence-electron chi connectivity index (χ4n) is 4.24. The molecule has 2 aromatic carbocycles. The molecule has 182 valence electrons. The molecule has 0 bridgehead atoms. The summed E-state index contributed by atoms with van der Waals surface area (Å²) in [7, 11) is 0. The number of pyridine rings is 2. The van der Waals surface area contributed by atoms with E-state index >= 15 is 0 Å². The van der Waals surface area contributed by atoms with Crippen LogP contribution in [-0.4, -0.2) is 29.3 Å². The number of rotatable bonds is 7. The highest BCUT2D eigenvalue weighted by Crippen LogP contribution is 2.21. The summed E-state index contributed by atoms with van der Waals surface area (Å²) < 4.78 is 3.54. The van der Waals surface area contributed by atoms with E-state index < -0.39 is 0 Å². The van der Waals surface area contributed by atoms with Gasteiger partial charge in [0.25, 0.3) is 5.56 Å². The summed E-state index contributed by atoms with van der Waals surface area (Å²) in [5, 5.41) is 10.5. The molecule has 0 saturated heterocycles. The van der Waals surface area contributed by atoms with Gasteiger partial charge in [0.2, 0.25) is 0 Å². The number of nitrogens with one attached hydrogen (secondary N) is 1. The van der Waals surface area contributed by atoms with Crippen LogP contribution in [0.2, 0.25) is 5.02 Å². The fourth-order valence-corrected chi connectivity index (χ4v) is 4.40. The molecule has 4 aromatic heterocycles. The average Bonchev–Trinajstić information content (AvgIpc) is 3.32. The van der Waals surface area contributed by atoms with Crippen LogP contribution in [0.25, 0.3) is 21.9 Å². The normalized spacial score (nSPS) is 11.3. The Morgan fingerprint density at radius 1 is 0.892 bits per heavy atom. The topological polar surface area (TPSA) is 90.5 Å². The lowest BCUT2D eigenvalue weighted by Gasteiger charge is -2.07. The number of aromatic nitrogens is 6. The second-order valence-corrected chi connectivity index (χ2v) is 9.20. The van der Waals surface area contributed by atoms with Crippen molar-refractivity contribution in [3.8, 4) is 0 Å². The van der Waals surface area contributed by atoms with E-state index in [0.29, 0.717) is 36.1 Å². The third-order valence-corrected chi connectivity index (χ3v) is 6.37. The lowest BCUT2D eigenvalue weighted by Crippen LogP contribution is -2.18. The van der Waals surface area contributed by atoms with E-state index in [1.165, 1.54) is 6.33 Å². The molecule has 37 heavy (non-hydrogen) atoms. The van der Waals surface area contributed by atoms with E-state index in [1.807, 2.05) is 59.4 Å². The first-order chi connectivity index (χ1) is 18.1. The predicted molar refractivity (Wildman–Crippen MR) is 145 cm³/mol. The Kier molecular flexibility index (Phi) is 6.08. The largest absolute Gasteiger partial charge is 0.364 e. The van der Waals surface area contributed by atoms with E-state index in [4.69, 9.17) is 16.6 Å². The molecule has 0 saturated carbocycles. The van der Waals surface area contributed by atoms with E-state index in [-0.39, 0.29) is 5.56 Å². The Morgan fingerprint density at radius 3 is 2.54 bits per heavy atom. The number of halogens is 1. The molecule has 0 unspecified atom stereocenters. The molecule has 0 aliphatic carbocycles. The maximum Gasteiger partial charge on any atom is 0.250 e. The highest BCUT2D eigenvalue weighted by atomic mass is 35.5. The van der Waals surface area contributed by atoms with Gasteiger partial charge in [0.15, 0.2) is 5.65 Å². The molecule has 0 spiro atoms. The van der Waals surface area contributed by atoms with Gasteiger partial charge in [0.1, 0.15) is 12.1 Å². The Balaban J connectivity index is 1.16. The van der Waals surface area contributed by atoms with Crippen LogP contribution in [0, 0.1) is 0 Å². The standard InChI is InChI=1S/C28H22ClN7O/c29-22-10-8-21-9-11-23(33-25(21)13-22)14-30-27-24-17-36(34-28(24)32-18-31-27)16-20-6-4-19(5-7-20)15-35-12-2-1-3-26(35)37/h1-13,17-18H,14-16H2,(H,30,31,32,34). The quantitative estimate of drug-likeness (QED) is 0.330. The number of hydrogen-bond donors (Lipinski definition) is 1.